The first-order valence-corrected chi connectivity index (χ1v) is 8.00. The predicted octanol–water partition coefficient (Wildman–Crippen LogP) is 2.54. The molecule has 1 aliphatic carbocycles. The standard InChI is InChI=1S/C18H17N5O/c24-18(15-7-4-8-16(11-15)23-12-19-21-22-23)20-17(14-9-10-14)13-5-2-1-3-6-13/h1-8,11-12,14,17H,9-10H2,(H,20,24). The Morgan fingerprint density at radius 1 is 1.12 bits per heavy atom. The lowest BCUT2D eigenvalue weighted by molar-refractivity contribution is 0.0931. The second kappa shape index (κ2) is 6.23. The van der Waals surface area contributed by atoms with E-state index in [0.717, 1.165) is 24.1 Å². The number of nitrogens with one attached hydrogen (secondary N) is 1. The predicted molar refractivity (Wildman–Crippen MR) is 88.5 cm³/mol. The minimum absolute atomic E-state index is 0.0652. The van der Waals surface area contributed by atoms with Crippen LogP contribution in [0.25, 0.3) is 5.69 Å². The van der Waals surface area contributed by atoms with Crippen molar-refractivity contribution in [2.24, 2.45) is 5.92 Å². The molecule has 0 bridgehead atoms. The Kier molecular flexibility index (Phi) is 3.78. The van der Waals surface area contributed by atoms with Gasteiger partial charge in [0.15, 0.2) is 0 Å². The quantitative estimate of drug-likeness (QED) is 0.784. The van der Waals surface area contributed by atoms with Crippen molar-refractivity contribution in [3.8, 4) is 5.69 Å². The molecule has 1 atom stereocenters. The van der Waals surface area contributed by atoms with Gasteiger partial charge in [-0.25, -0.2) is 4.68 Å². The van der Waals surface area contributed by atoms with Gasteiger partial charge in [0.25, 0.3) is 5.91 Å². The lowest BCUT2D eigenvalue weighted by atomic mass is 10.0. The average molecular weight is 319 g/mol. The number of hydrogen-bond acceptors (Lipinski definition) is 4. The molecule has 24 heavy (non-hydrogen) atoms. The molecule has 1 fully saturated rings. The number of carbonyl (C=O) groups excluding carboxylic acids is 1. The lowest BCUT2D eigenvalue weighted by Gasteiger charge is -2.19. The summed E-state index contributed by atoms with van der Waals surface area (Å²) in [4.78, 5) is 12.7. The summed E-state index contributed by atoms with van der Waals surface area (Å²) in [6.45, 7) is 0. The van der Waals surface area contributed by atoms with E-state index in [-0.39, 0.29) is 11.9 Å². The van der Waals surface area contributed by atoms with Gasteiger partial charge >= 0.3 is 0 Å². The summed E-state index contributed by atoms with van der Waals surface area (Å²) in [5.41, 5.74) is 2.52. The molecule has 120 valence electrons. The molecule has 1 N–H and O–H groups in total. The number of rotatable bonds is 5. The van der Waals surface area contributed by atoms with Crippen LogP contribution in [0.2, 0.25) is 0 Å². The fraction of sp³-hybridized carbons (Fsp3) is 0.222. The van der Waals surface area contributed by atoms with E-state index in [1.807, 2.05) is 30.3 Å². The summed E-state index contributed by atoms with van der Waals surface area (Å²) in [7, 11) is 0. The average Bonchev–Trinajstić information content (AvgIpc) is 3.33. The molecule has 4 rings (SSSR count). The van der Waals surface area contributed by atoms with Crippen LogP contribution in [0.15, 0.2) is 60.9 Å². The largest absolute Gasteiger partial charge is 0.345 e. The van der Waals surface area contributed by atoms with Crippen LogP contribution in [-0.2, 0) is 0 Å². The SMILES string of the molecule is O=C(NC(c1ccccc1)C1CC1)c1cccc(-n2cnnn2)c1. The van der Waals surface area contributed by atoms with Crippen LogP contribution < -0.4 is 5.32 Å². The highest BCUT2D eigenvalue weighted by Crippen LogP contribution is 2.41. The number of nitrogens with zero attached hydrogens (tertiary/aromatic N) is 4. The van der Waals surface area contributed by atoms with Gasteiger partial charge in [-0.2, -0.15) is 0 Å². The summed E-state index contributed by atoms with van der Waals surface area (Å²) < 4.78 is 1.53. The Bertz CT molecular complexity index is 828. The lowest BCUT2D eigenvalue weighted by Crippen LogP contribution is -2.29. The maximum Gasteiger partial charge on any atom is 0.251 e. The molecule has 6 heteroatoms. The molecular weight excluding hydrogens is 302 g/mol. The van der Waals surface area contributed by atoms with Crippen molar-refractivity contribution < 1.29 is 4.79 Å². The molecule has 0 radical (unpaired) electrons. The van der Waals surface area contributed by atoms with Crippen molar-refractivity contribution in [2.45, 2.75) is 18.9 Å². The van der Waals surface area contributed by atoms with E-state index in [9.17, 15) is 4.79 Å². The molecule has 1 saturated carbocycles. The van der Waals surface area contributed by atoms with Crippen molar-refractivity contribution in [1.82, 2.24) is 25.5 Å². The molecule has 1 aliphatic rings. The van der Waals surface area contributed by atoms with Gasteiger partial charge in [0.2, 0.25) is 0 Å². The molecule has 0 saturated heterocycles. The summed E-state index contributed by atoms with van der Waals surface area (Å²) in [5.74, 6) is 0.449. The molecule has 3 aromatic rings. The first-order chi connectivity index (χ1) is 11.8. The topological polar surface area (TPSA) is 72.7 Å². The van der Waals surface area contributed by atoms with Gasteiger partial charge in [0, 0.05) is 5.56 Å². The van der Waals surface area contributed by atoms with E-state index in [2.05, 4.69) is 33.0 Å². The number of amides is 1. The number of carbonyl (C=O) groups is 1. The number of benzene rings is 2. The van der Waals surface area contributed by atoms with Gasteiger partial charge < -0.3 is 5.32 Å². The van der Waals surface area contributed by atoms with Crippen LogP contribution in [0.1, 0.15) is 34.8 Å². The highest BCUT2D eigenvalue weighted by atomic mass is 16.1. The molecule has 2 aromatic carbocycles. The van der Waals surface area contributed by atoms with Crippen LogP contribution >= 0.6 is 0 Å². The minimum Gasteiger partial charge on any atom is -0.345 e. The molecule has 1 unspecified atom stereocenters. The molecular formula is C18H17N5O. The van der Waals surface area contributed by atoms with Crippen LogP contribution in [0.5, 0.6) is 0 Å². The Hall–Kier alpha value is -3.02. The second-order valence-electron chi connectivity index (χ2n) is 6.00. The van der Waals surface area contributed by atoms with Crippen molar-refractivity contribution in [3.05, 3.63) is 72.1 Å². The second-order valence-corrected chi connectivity index (χ2v) is 6.00. The van der Waals surface area contributed by atoms with Crippen molar-refractivity contribution in [2.75, 3.05) is 0 Å². The van der Waals surface area contributed by atoms with Gasteiger partial charge in [-0.05, 0) is 52.9 Å². The Balaban J connectivity index is 1.56. The van der Waals surface area contributed by atoms with E-state index in [0.29, 0.717) is 11.5 Å². The van der Waals surface area contributed by atoms with Crippen molar-refractivity contribution in [3.63, 3.8) is 0 Å². The molecule has 1 aromatic heterocycles. The monoisotopic (exact) mass is 319 g/mol. The maximum atomic E-state index is 12.7. The van der Waals surface area contributed by atoms with Crippen LogP contribution in [-0.4, -0.2) is 26.1 Å². The smallest absolute Gasteiger partial charge is 0.251 e. The van der Waals surface area contributed by atoms with Crippen LogP contribution in [0.4, 0.5) is 0 Å². The molecule has 1 amide bonds. The Labute approximate surface area is 139 Å². The van der Waals surface area contributed by atoms with Gasteiger partial charge in [-0.3, -0.25) is 4.79 Å². The van der Waals surface area contributed by atoms with Crippen LogP contribution in [0.3, 0.4) is 0 Å². The highest BCUT2D eigenvalue weighted by molar-refractivity contribution is 5.95. The van der Waals surface area contributed by atoms with E-state index in [4.69, 9.17) is 0 Å². The zero-order valence-corrected chi connectivity index (χ0v) is 13.0. The fourth-order valence-corrected chi connectivity index (χ4v) is 2.86. The zero-order valence-electron chi connectivity index (χ0n) is 13.0. The summed E-state index contributed by atoms with van der Waals surface area (Å²) in [6, 6.07) is 17.5. The van der Waals surface area contributed by atoms with Gasteiger partial charge in [-0.15, -0.1) is 5.10 Å². The highest BCUT2D eigenvalue weighted by Gasteiger charge is 2.33. The van der Waals surface area contributed by atoms with Crippen molar-refractivity contribution in [1.29, 1.82) is 0 Å². The van der Waals surface area contributed by atoms with Gasteiger partial charge in [0.1, 0.15) is 6.33 Å². The zero-order chi connectivity index (χ0) is 16.4. The van der Waals surface area contributed by atoms with Gasteiger partial charge in [-0.1, -0.05) is 36.4 Å². The minimum atomic E-state index is -0.0781. The number of tetrazole rings is 1. The summed E-state index contributed by atoms with van der Waals surface area (Å²) >= 11 is 0. The van der Waals surface area contributed by atoms with Crippen LogP contribution in [0, 0.1) is 5.92 Å². The first kappa shape index (κ1) is 14.6. The normalized spacial score (nSPS) is 15.0. The fourth-order valence-electron chi connectivity index (χ4n) is 2.86. The van der Waals surface area contributed by atoms with E-state index in [1.165, 1.54) is 11.0 Å². The summed E-state index contributed by atoms with van der Waals surface area (Å²) in [5, 5.41) is 14.3. The molecule has 0 aliphatic heterocycles. The molecule has 1 heterocycles. The summed E-state index contributed by atoms with van der Waals surface area (Å²) in [6.07, 6.45) is 3.82. The number of hydrogen-bond donors (Lipinski definition) is 1. The third-order valence-electron chi connectivity index (χ3n) is 4.26. The molecule has 0 spiro atoms. The maximum absolute atomic E-state index is 12.7. The molecule has 6 nitrogen and oxygen atoms in total. The third kappa shape index (κ3) is 3.03. The third-order valence-corrected chi connectivity index (χ3v) is 4.26. The Morgan fingerprint density at radius 2 is 1.96 bits per heavy atom. The Morgan fingerprint density at radius 3 is 2.67 bits per heavy atom. The van der Waals surface area contributed by atoms with E-state index < -0.39 is 0 Å². The van der Waals surface area contributed by atoms with Crippen molar-refractivity contribution >= 4 is 5.91 Å². The first-order valence-electron chi connectivity index (χ1n) is 8.00. The van der Waals surface area contributed by atoms with Gasteiger partial charge in [0.05, 0.1) is 11.7 Å². The number of aromatic nitrogens is 4. The van der Waals surface area contributed by atoms with E-state index >= 15 is 0 Å². The van der Waals surface area contributed by atoms with E-state index in [1.54, 1.807) is 12.1 Å².